The van der Waals surface area contributed by atoms with E-state index < -0.39 is 5.97 Å². The third-order valence-corrected chi connectivity index (χ3v) is 2.75. The number of carboxylic acids is 1. The Labute approximate surface area is 103 Å². The molecule has 2 rings (SSSR count). The first-order valence-electron chi connectivity index (χ1n) is 5.02. The smallest absolute Gasteiger partial charge is 0.339 e. The van der Waals surface area contributed by atoms with Gasteiger partial charge in [0.15, 0.2) is 0 Å². The second-order valence-corrected chi connectivity index (χ2v) is 4.27. The van der Waals surface area contributed by atoms with Crippen molar-refractivity contribution in [2.45, 2.75) is 6.92 Å². The number of carbonyl (C=O) groups is 1. The molecule has 1 aromatic heterocycles. The fourth-order valence-corrected chi connectivity index (χ4v) is 1.87. The van der Waals surface area contributed by atoms with E-state index in [1.807, 2.05) is 13.0 Å². The first kappa shape index (κ1) is 11.7. The Morgan fingerprint density at radius 2 is 2.18 bits per heavy atom. The van der Waals surface area contributed by atoms with E-state index in [1.54, 1.807) is 19.2 Å². The van der Waals surface area contributed by atoms with Crippen molar-refractivity contribution in [3.05, 3.63) is 40.5 Å². The number of aryl methyl sites for hydroxylation is 2. The Morgan fingerprint density at radius 1 is 1.47 bits per heavy atom. The maximum absolute atomic E-state index is 11.1. The van der Waals surface area contributed by atoms with Crippen molar-refractivity contribution >= 4 is 17.6 Å². The van der Waals surface area contributed by atoms with Gasteiger partial charge in [0, 0.05) is 23.8 Å². The zero-order chi connectivity index (χ0) is 12.6. The van der Waals surface area contributed by atoms with Gasteiger partial charge in [-0.05, 0) is 24.6 Å². The van der Waals surface area contributed by atoms with E-state index in [0.29, 0.717) is 10.7 Å². The van der Waals surface area contributed by atoms with E-state index in [0.717, 1.165) is 11.1 Å². The molecule has 0 aliphatic heterocycles. The lowest BCUT2D eigenvalue weighted by Gasteiger charge is -2.04. The molecule has 0 aliphatic rings. The molecule has 0 saturated heterocycles. The maximum Gasteiger partial charge on any atom is 0.339 e. The van der Waals surface area contributed by atoms with Crippen molar-refractivity contribution in [3.8, 4) is 11.3 Å². The van der Waals surface area contributed by atoms with Crippen LogP contribution in [0, 0.1) is 6.92 Å². The molecule has 17 heavy (non-hydrogen) atoms. The van der Waals surface area contributed by atoms with Crippen molar-refractivity contribution in [1.82, 2.24) is 9.78 Å². The van der Waals surface area contributed by atoms with Crippen LogP contribution in [0.1, 0.15) is 15.9 Å². The SMILES string of the molecule is Cc1ccc(Cl)cc1-c1nn(C)cc1C(=O)O. The molecule has 0 aliphatic carbocycles. The van der Waals surface area contributed by atoms with Crippen LogP contribution in [-0.4, -0.2) is 20.9 Å². The molecule has 0 amide bonds. The summed E-state index contributed by atoms with van der Waals surface area (Å²) in [6, 6.07) is 5.34. The number of nitrogens with zero attached hydrogens (tertiary/aromatic N) is 2. The monoisotopic (exact) mass is 250 g/mol. The number of hydrogen-bond donors (Lipinski definition) is 1. The van der Waals surface area contributed by atoms with E-state index in [-0.39, 0.29) is 5.56 Å². The van der Waals surface area contributed by atoms with Gasteiger partial charge in [0.1, 0.15) is 11.3 Å². The molecule has 0 unspecified atom stereocenters. The summed E-state index contributed by atoms with van der Waals surface area (Å²) >= 11 is 5.92. The first-order valence-corrected chi connectivity index (χ1v) is 5.40. The van der Waals surface area contributed by atoms with Gasteiger partial charge in [-0.25, -0.2) is 4.79 Å². The maximum atomic E-state index is 11.1. The predicted octanol–water partition coefficient (Wildman–Crippen LogP) is 2.75. The van der Waals surface area contributed by atoms with Crippen LogP contribution < -0.4 is 0 Å². The van der Waals surface area contributed by atoms with Gasteiger partial charge in [-0.2, -0.15) is 5.10 Å². The van der Waals surface area contributed by atoms with Gasteiger partial charge in [0.05, 0.1) is 0 Å². The van der Waals surface area contributed by atoms with Crippen LogP contribution in [0.15, 0.2) is 24.4 Å². The molecule has 0 bridgehead atoms. The highest BCUT2D eigenvalue weighted by molar-refractivity contribution is 6.30. The van der Waals surface area contributed by atoms with Crippen LogP contribution >= 0.6 is 11.6 Å². The van der Waals surface area contributed by atoms with Crippen molar-refractivity contribution in [2.75, 3.05) is 0 Å². The summed E-state index contributed by atoms with van der Waals surface area (Å²) in [6.07, 6.45) is 1.48. The van der Waals surface area contributed by atoms with Crippen LogP contribution in [0.5, 0.6) is 0 Å². The zero-order valence-electron chi connectivity index (χ0n) is 9.44. The van der Waals surface area contributed by atoms with Crippen LogP contribution in [0.4, 0.5) is 0 Å². The fourth-order valence-electron chi connectivity index (χ4n) is 1.69. The predicted molar refractivity (Wildman–Crippen MR) is 65.4 cm³/mol. The van der Waals surface area contributed by atoms with E-state index in [1.165, 1.54) is 10.9 Å². The summed E-state index contributed by atoms with van der Waals surface area (Å²) < 4.78 is 1.49. The molecule has 5 heteroatoms. The van der Waals surface area contributed by atoms with Crippen LogP contribution in [0.25, 0.3) is 11.3 Å². The Balaban J connectivity index is 2.67. The highest BCUT2D eigenvalue weighted by atomic mass is 35.5. The minimum atomic E-state index is -0.993. The highest BCUT2D eigenvalue weighted by Crippen LogP contribution is 2.28. The third-order valence-electron chi connectivity index (χ3n) is 2.51. The topological polar surface area (TPSA) is 55.1 Å². The summed E-state index contributed by atoms with van der Waals surface area (Å²) in [7, 11) is 1.69. The Kier molecular flexibility index (Phi) is 2.90. The molecule has 0 fully saturated rings. The van der Waals surface area contributed by atoms with Gasteiger partial charge in [-0.3, -0.25) is 4.68 Å². The van der Waals surface area contributed by atoms with Gasteiger partial charge < -0.3 is 5.11 Å². The van der Waals surface area contributed by atoms with Gasteiger partial charge in [-0.15, -0.1) is 0 Å². The molecular formula is C12H11ClN2O2. The number of halogens is 1. The molecule has 0 spiro atoms. The third kappa shape index (κ3) is 2.17. The van der Waals surface area contributed by atoms with Gasteiger partial charge in [-0.1, -0.05) is 17.7 Å². The van der Waals surface area contributed by atoms with E-state index in [4.69, 9.17) is 16.7 Å². The zero-order valence-corrected chi connectivity index (χ0v) is 10.2. The van der Waals surface area contributed by atoms with Crippen LogP contribution in [0.3, 0.4) is 0 Å². The first-order chi connectivity index (χ1) is 7.99. The largest absolute Gasteiger partial charge is 0.478 e. The number of benzene rings is 1. The summed E-state index contributed by atoms with van der Waals surface area (Å²) in [5, 5.41) is 13.9. The number of rotatable bonds is 2. The molecule has 1 heterocycles. The summed E-state index contributed by atoms with van der Waals surface area (Å²) in [5.41, 5.74) is 2.31. The van der Waals surface area contributed by atoms with Gasteiger partial charge in [0.25, 0.3) is 0 Å². The van der Waals surface area contributed by atoms with E-state index in [2.05, 4.69) is 5.10 Å². The second-order valence-electron chi connectivity index (χ2n) is 3.83. The molecule has 0 atom stereocenters. The summed E-state index contributed by atoms with van der Waals surface area (Å²) in [5.74, 6) is -0.993. The van der Waals surface area contributed by atoms with E-state index in [9.17, 15) is 4.79 Å². The minimum absolute atomic E-state index is 0.179. The fraction of sp³-hybridized carbons (Fsp3) is 0.167. The molecule has 0 radical (unpaired) electrons. The van der Waals surface area contributed by atoms with E-state index >= 15 is 0 Å². The molecule has 2 aromatic rings. The Morgan fingerprint density at radius 3 is 2.82 bits per heavy atom. The van der Waals surface area contributed by atoms with Crippen LogP contribution in [0.2, 0.25) is 5.02 Å². The highest BCUT2D eigenvalue weighted by Gasteiger charge is 2.17. The molecule has 0 saturated carbocycles. The number of hydrogen-bond acceptors (Lipinski definition) is 2. The van der Waals surface area contributed by atoms with Gasteiger partial charge in [0.2, 0.25) is 0 Å². The quantitative estimate of drug-likeness (QED) is 0.892. The molecule has 1 aromatic carbocycles. The Bertz CT molecular complexity index is 590. The average molecular weight is 251 g/mol. The van der Waals surface area contributed by atoms with Crippen molar-refractivity contribution in [3.63, 3.8) is 0 Å². The Hall–Kier alpha value is -1.81. The number of carboxylic acid groups (broad SMARTS) is 1. The van der Waals surface area contributed by atoms with Crippen LogP contribution in [-0.2, 0) is 7.05 Å². The summed E-state index contributed by atoms with van der Waals surface area (Å²) in [6.45, 7) is 1.89. The molecular weight excluding hydrogens is 240 g/mol. The average Bonchev–Trinajstić information content (AvgIpc) is 2.64. The molecule has 1 N–H and O–H groups in total. The summed E-state index contributed by atoms with van der Waals surface area (Å²) in [4.78, 5) is 11.1. The lowest BCUT2D eigenvalue weighted by atomic mass is 10.0. The van der Waals surface area contributed by atoms with Crippen molar-refractivity contribution in [2.24, 2.45) is 7.05 Å². The lowest BCUT2D eigenvalue weighted by molar-refractivity contribution is 0.0697. The second kappa shape index (κ2) is 4.22. The number of aromatic carboxylic acids is 1. The minimum Gasteiger partial charge on any atom is -0.478 e. The van der Waals surface area contributed by atoms with Crippen molar-refractivity contribution in [1.29, 1.82) is 0 Å². The molecule has 4 nitrogen and oxygen atoms in total. The lowest BCUT2D eigenvalue weighted by Crippen LogP contribution is -1.97. The van der Waals surface area contributed by atoms with Crippen molar-refractivity contribution < 1.29 is 9.90 Å². The van der Waals surface area contributed by atoms with Gasteiger partial charge >= 0.3 is 5.97 Å². The number of aromatic nitrogens is 2. The normalized spacial score (nSPS) is 10.5. The molecule has 88 valence electrons. The standard InChI is InChI=1S/C12H11ClN2O2/c1-7-3-4-8(13)5-9(7)11-10(12(16)17)6-15(2)14-11/h3-6H,1-2H3,(H,16,17).